The summed E-state index contributed by atoms with van der Waals surface area (Å²) in [6.45, 7) is 1.92. The predicted molar refractivity (Wildman–Crippen MR) is 83.7 cm³/mol. The maximum atomic E-state index is 12.2. The van der Waals surface area contributed by atoms with Crippen LogP contribution in [0.1, 0.15) is 29.6 Å². The molecule has 2 rings (SSSR count). The Morgan fingerprint density at radius 3 is 2.73 bits per heavy atom. The molecule has 1 saturated heterocycles. The van der Waals surface area contributed by atoms with E-state index >= 15 is 0 Å². The number of benzene rings is 1. The number of nitrogens with zero attached hydrogens (tertiary/aromatic N) is 1. The van der Waals surface area contributed by atoms with Gasteiger partial charge in [-0.2, -0.15) is 0 Å². The number of nitrogens with two attached hydrogens (primary N) is 1. The van der Waals surface area contributed by atoms with E-state index in [0.717, 1.165) is 25.9 Å². The molecule has 0 spiro atoms. The van der Waals surface area contributed by atoms with Crippen LogP contribution >= 0.6 is 0 Å². The quantitative estimate of drug-likeness (QED) is 0.813. The van der Waals surface area contributed by atoms with Crippen molar-refractivity contribution in [2.45, 2.75) is 25.3 Å². The molecule has 0 bridgehead atoms. The summed E-state index contributed by atoms with van der Waals surface area (Å²) < 4.78 is 5.54. The van der Waals surface area contributed by atoms with Crippen LogP contribution in [0.15, 0.2) is 24.3 Å². The Kier molecular flexibility index (Phi) is 5.77. The Morgan fingerprint density at radius 2 is 2.09 bits per heavy atom. The summed E-state index contributed by atoms with van der Waals surface area (Å²) in [4.78, 5) is 25.0. The summed E-state index contributed by atoms with van der Waals surface area (Å²) in [7, 11) is 1.93. The Morgan fingerprint density at radius 1 is 1.36 bits per heavy atom. The van der Waals surface area contributed by atoms with Crippen molar-refractivity contribution in [3.63, 3.8) is 0 Å². The van der Waals surface area contributed by atoms with Gasteiger partial charge >= 0.3 is 0 Å². The normalized spacial score (nSPS) is 18.0. The summed E-state index contributed by atoms with van der Waals surface area (Å²) in [6, 6.07) is 6.98. The molecule has 0 aliphatic carbocycles. The second-order valence-corrected chi connectivity index (χ2v) is 5.45. The van der Waals surface area contributed by atoms with Gasteiger partial charge in [-0.25, -0.2) is 0 Å². The zero-order valence-corrected chi connectivity index (χ0v) is 12.9. The Balaban J connectivity index is 1.75. The van der Waals surface area contributed by atoms with E-state index in [4.69, 9.17) is 10.5 Å². The lowest BCUT2D eigenvalue weighted by Crippen LogP contribution is -2.47. The average Bonchev–Trinajstić information content (AvgIpc) is 2.55. The monoisotopic (exact) mass is 305 g/mol. The van der Waals surface area contributed by atoms with Gasteiger partial charge in [0.1, 0.15) is 5.75 Å². The number of hydrogen-bond donors (Lipinski definition) is 2. The molecule has 1 heterocycles. The number of primary amides is 1. The molecule has 2 amide bonds. The minimum atomic E-state index is -0.467. The van der Waals surface area contributed by atoms with E-state index in [-0.39, 0.29) is 5.91 Å². The van der Waals surface area contributed by atoms with E-state index in [1.807, 2.05) is 11.9 Å². The van der Waals surface area contributed by atoms with Crippen molar-refractivity contribution in [3.8, 4) is 5.75 Å². The van der Waals surface area contributed by atoms with Gasteiger partial charge in [-0.1, -0.05) is 0 Å². The van der Waals surface area contributed by atoms with Gasteiger partial charge in [-0.05, 0) is 44.2 Å². The number of piperidine rings is 1. The third kappa shape index (κ3) is 4.46. The molecule has 6 nitrogen and oxygen atoms in total. The van der Waals surface area contributed by atoms with Crippen molar-refractivity contribution >= 4 is 11.8 Å². The Hall–Kier alpha value is -2.08. The fraction of sp³-hybridized carbons (Fsp3) is 0.500. The summed E-state index contributed by atoms with van der Waals surface area (Å²) in [5.74, 6) is 0.282. The van der Waals surface area contributed by atoms with E-state index in [0.29, 0.717) is 30.4 Å². The number of carbonyl (C=O) groups excluding carboxylic acids is 2. The molecule has 3 N–H and O–H groups in total. The highest BCUT2D eigenvalue weighted by molar-refractivity contribution is 5.92. The highest BCUT2D eigenvalue weighted by atomic mass is 16.5. The van der Waals surface area contributed by atoms with Crippen molar-refractivity contribution < 1.29 is 14.3 Å². The van der Waals surface area contributed by atoms with Crippen LogP contribution in [0.3, 0.4) is 0 Å². The molecular weight excluding hydrogens is 282 g/mol. The lowest BCUT2D eigenvalue weighted by molar-refractivity contribution is -0.133. The number of amides is 2. The first kappa shape index (κ1) is 16.3. The van der Waals surface area contributed by atoms with Crippen LogP contribution in [0, 0.1) is 0 Å². The lowest BCUT2D eigenvalue weighted by Gasteiger charge is -2.32. The molecule has 6 heteroatoms. The zero-order valence-electron chi connectivity index (χ0n) is 12.9. The lowest BCUT2D eigenvalue weighted by atomic mass is 10.1. The first-order valence-electron chi connectivity index (χ1n) is 7.58. The molecule has 1 aromatic carbocycles. The number of nitrogens with one attached hydrogen (secondary N) is 1. The molecule has 0 saturated carbocycles. The van der Waals surface area contributed by atoms with Gasteiger partial charge < -0.3 is 20.7 Å². The minimum Gasteiger partial charge on any atom is -0.493 e. The van der Waals surface area contributed by atoms with Crippen LogP contribution in [-0.4, -0.2) is 49.5 Å². The molecule has 1 aliphatic heterocycles. The third-order valence-corrected chi connectivity index (χ3v) is 3.91. The maximum absolute atomic E-state index is 12.2. The highest BCUT2D eigenvalue weighted by Crippen LogP contribution is 2.14. The maximum Gasteiger partial charge on any atom is 0.248 e. The van der Waals surface area contributed by atoms with Crippen LogP contribution in [0.2, 0.25) is 0 Å². The summed E-state index contributed by atoms with van der Waals surface area (Å²) in [5, 5.41) is 3.22. The molecule has 1 aliphatic rings. The van der Waals surface area contributed by atoms with Crippen molar-refractivity contribution in [2.75, 3.05) is 26.7 Å². The second kappa shape index (κ2) is 7.79. The van der Waals surface area contributed by atoms with Crippen molar-refractivity contribution in [2.24, 2.45) is 5.73 Å². The van der Waals surface area contributed by atoms with Gasteiger partial charge in [-0.3, -0.25) is 9.59 Å². The van der Waals surface area contributed by atoms with Crippen molar-refractivity contribution in [1.29, 1.82) is 0 Å². The van der Waals surface area contributed by atoms with Crippen molar-refractivity contribution in [3.05, 3.63) is 29.8 Å². The number of likely N-dealkylation sites (tertiary alicyclic amines) is 1. The number of rotatable bonds is 6. The Bertz CT molecular complexity index is 516. The summed E-state index contributed by atoms with van der Waals surface area (Å²) >= 11 is 0. The molecule has 1 unspecified atom stereocenters. The topological polar surface area (TPSA) is 84.7 Å². The smallest absolute Gasteiger partial charge is 0.248 e. The second-order valence-electron chi connectivity index (χ2n) is 5.45. The molecular formula is C16H23N3O3. The molecule has 0 aromatic heterocycles. The minimum absolute atomic E-state index is 0.119. The number of hydrogen-bond acceptors (Lipinski definition) is 4. The molecule has 22 heavy (non-hydrogen) atoms. The van der Waals surface area contributed by atoms with Gasteiger partial charge in [0.15, 0.2) is 0 Å². The van der Waals surface area contributed by atoms with Crippen LogP contribution in [0.25, 0.3) is 0 Å². The van der Waals surface area contributed by atoms with Crippen molar-refractivity contribution in [1.82, 2.24) is 10.2 Å². The van der Waals surface area contributed by atoms with Gasteiger partial charge in [0.25, 0.3) is 0 Å². The molecule has 1 aromatic rings. The first-order valence-corrected chi connectivity index (χ1v) is 7.58. The first-order chi connectivity index (χ1) is 10.6. The van der Waals surface area contributed by atoms with Gasteiger partial charge in [0.05, 0.1) is 13.0 Å². The number of ether oxygens (including phenoxy) is 1. The number of likely N-dealkylation sites (N-methyl/N-ethyl adjacent to an activating group) is 1. The molecule has 120 valence electrons. The standard InChI is InChI=1S/C16H23N3O3/c1-18-13-3-2-9-19(11-13)15(20)8-10-22-14-6-4-12(5-7-14)16(17)21/h4-7,13,18H,2-3,8-11H2,1H3,(H2,17,21). The molecule has 1 fully saturated rings. The average molecular weight is 305 g/mol. The predicted octanol–water partition coefficient (Wildman–Crippen LogP) is 0.765. The van der Waals surface area contributed by atoms with Gasteiger partial charge in [0, 0.05) is 24.7 Å². The Labute approximate surface area is 130 Å². The zero-order chi connectivity index (χ0) is 15.9. The summed E-state index contributed by atoms with van der Waals surface area (Å²) in [6.07, 6.45) is 2.50. The van der Waals surface area contributed by atoms with E-state index < -0.39 is 5.91 Å². The highest BCUT2D eigenvalue weighted by Gasteiger charge is 2.22. The van der Waals surface area contributed by atoms with Crippen LogP contribution in [0.4, 0.5) is 0 Å². The van der Waals surface area contributed by atoms with Gasteiger partial charge in [-0.15, -0.1) is 0 Å². The van der Waals surface area contributed by atoms with E-state index in [1.54, 1.807) is 24.3 Å². The van der Waals surface area contributed by atoms with Gasteiger partial charge in [0.2, 0.25) is 11.8 Å². The van der Waals surface area contributed by atoms with Crippen LogP contribution in [0.5, 0.6) is 5.75 Å². The fourth-order valence-electron chi connectivity index (χ4n) is 2.57. The van der Waals surface area contributed by atoms with E-state index in [1.165, 1.54) is 0 Å². The van der Waals surface area contributed by atoms with E-state index in [9.17, 15) is 9.59 Å². The van der Waals surface area contributed by atoms with Crippen LogP contribution in [-0.2, 0) is 4.79 Å². The summed E-state index contributed by atoms with van der Waals surface area (Å²) in [5.41, 5.74) is 5.61. The number of carbonyl (C=O) groups is 2. The third-order valence-electron chi connectivity index (χ3n) is 3.91. The largest absolute Gasteiger partial charge is 0.493 e. The SMILES string of the molecule is CNC1CCCN(C(=O)CCOc2ccc(C(N)=O)cc2)C1. The molecule has 1 atom stereocenters. The van der Waals surface area contributed by atoms with Crippen LogP contribution < -0.4 is 15.8 Å². The van der Waals surface area contributed by atoms with E-state index in [2.05, 4.69) is 5.32 Å². The fourth-order valence-corrected chi connectivity index (χ4v) is 2.57. The molecule has 0 radical (unpaired) electrons.